The monoisotopic (exact) mass is 532 g/mol. The van der Waals surface area contributed by atoms with E-state index in [-0.39, 0.29) is 31.2 Å². The van der Waals surface area contributed by atoms with Gasteiger partial charge in [0.25, 0.3) is 0 Å². The van der Waals surface area contributed by atoms with Gasteiger partial charge >= 0.3 is 0 Å². The molecule has 0 spiro atoms. The summed E-state index contributed by atoms with van der Waals surface area (Å²) < 4.78 is 1.58. The molecular formula is C29H36N6O4. The van der Waals surface area contributed by atoms with E-state index in [0.717, 1.165) is 22.4 Å². The Hall–Kier alpha value is -4.05. The molecule has 10 nitrogen and oxygen atoms in total. The first-order valence-electron chi connectivity index (χ1n) is 13.2. The van der Waals surface area contributed by atoms with E-state index in [1.807, 2.05) is 82.3 Å². The molecule has 4 rings (SSSR count). The van der Waals surface area contributed by atoms with Gasteiger partial charge in [-0.25, -0.2) is 4.68 Å². The van der Waals surface area contributed by atoms with E-state index in [1.54, 1.807) is 4.68 Å². The second-order valence-corrected chi connectivity index (χ2v) is 10.5. The number of amides is 3. The summed E-state index contributed by atoms with van der Waals surface area (Å²) >= 11 is 0. The van der Waals surface area contributed by atoms with Gasteiger partial charge in [0.05, 0.1) is 17.5 Å². The van der Waals surface area contributed by atoms with Gasteiger partial charge in [0, 0.05) is 19.4 Å². The molecule has 1 aliphatic heterocycles. The number of nitrogens with one attached hydrogen (secondary N) is 1. The number of nitrogens with two attached hydrogens (primary N) is 1. The van der Waals surface area contributed by atoms with E-state index in [1.165, 1.54) is 4.90 Å². The molecule has 10 heteroatoms. The number of rotatable bonds is 9. The molecule has 1 fully saturated rings. The minimum atomic E-state index is -0.976. The summed E-state index contributed by atoms with van der Waals surface area (Å²) in [6, 6.07) is 15.0. The van der Waals surface area contributed by atoms with E-state index < -0.39 is 36.0 Å². The van der Waals surface area contributed by atoms with E-state index >= 15 is 0 Å². The third kappa shape index (κ3) is 6.17. The van der Waals surface area contributed by atoms with Crippen molar-refractivity contribution in [3.63, 3.8) is 0 Å². The van der Waals surface area contributed by atoms with Crippen LogP contribution in [0.15, 0.2) is 54.6 Å². The van der Waals surface area contributed by atoms with Crippen LogP contribution in [0.3, 0.4) is 0 Å². The van der Waals surface area contributed by atoms with Crippen LogP contribution >= 0.6 is 0 Å². The lowest BCUT2D eigenvalue weighted by Gasteiger charge is -2.31. The summed E-state index contributed by atoms with van der Waals surface area (Å²) in [4.78, 5) is 40.8. The lowest BCUT2D eigenvalue weighted by atomic mass is 10.00. The summed E-state index contributed by atoms with van der Waals surface area (Å²) in [7, 11) is 0. The van der Waals surface area contributed by atoms with E-state index in [4.69, 9.17) is 5.73 Å². The summed E-state index contributed by atoms with van der Waals surface area (Å²) in [5.74, 6) is -1.68. The topological polar surface area (TPSA) is 143 Å². The molecule has 2 heterocycles. The maximum absolute atomic E-state index is 13.7. The summed E-state index contributed by atoms with van der Waals surface area (Å²) in [6.07, 6.45) is -0.603. The van der Waals surface area contributed by atoms with Crippen LogP contribution in [0.4, 0.5) is 0 Å². The molecule has 1 saturated heterocycles. The molecule has 4 atom stereocenters. The van der Waals surface area contributed by atoms with Crippen LogP contribution < -0.4 is 11.1 Å². The van der Waals surface area contributed by atoms with E-state index in [2.05, 4.69) is 15.6 Å². The first-order chi connectivity index (χ1) is 18.6. The number of hydrogen-bond acceptors (Lipinski definition) is 6. The zero-order chi connectivity index (χ0) is 28.3. The lowest BCUT2D eigenvalue weighted by Crippen LogP contribution is -2.54. The first-order valence-corrected chi connectivity index (χ1v) is 13.2. The predicted molar refractivity (Wildman–Crippen MR) is 146 cm³/mol. The molecule has 1 aromatic heterocycles. The highest BCUT2D eigenvalue weighted by atomic mass is 16.3. The van der Waals surface area contributed by atoms with Crippen LogP contribution in [-0.2, 0) is 20.8 Å². The number of aryl methyl sites for hydroxylation is 1. The number of hydrogen-bond donors (Lipinski definition) is 3. The van der Waals surface area contributed by atoms with Gasteiger partial charge in [0.15, 0.2) is 0 Å². The highest BCUT2D eigenvalue weighted by Gasteiger charge is 2.43. The molecule has 206 valence electrons. The second-order valence-electron chi connectivity index (χ2n) is 10.5. The number of carbonyl (C=O) groups is 3. The van der Waals surface area contributed by atoms with Crippen molar-refractivity contribution in [3.05, 3.63) is 71.5 Å². The van der Waals surface area contributed by atoms with Crippen LogP contribution in [0.5, 0.6) is 0 Å². The van der Waals surface area contributed by atoms with Crippen LogP contribution in [0.1, 0.15) is 43.3 Å². The number of aliphatic hydroxyl groups is 1. The number of likely N-dealkylation sites (tertiary alicyclic amines) is 1. The van der Waals surface area contributed by atoms with Crippen LogP contribution in [0, 0.1) is 19.8 Å². The number of carbonyl (C=O) groups excluding carboxylic acids is 3. The summed E-state index contributed by atoms with van der Waals surface area (Å²) in [5, 5.41) is 21.4. The zero-order valence-electron chi connectivity index (χ0n) is 22.7. The maximum atomic E-state index is 13.7. The Bertz CT molecular complexity index is 1320. The van der Waals surface area contributed by atoms with Gasteiger partial charge in [-0.3, -0.25) is 14.4 Å². The average Bonchev–Trinajstić information content (AvgIpc) is 3.46. The van der Waals surface area contributed by atoms with Gasteiger partial charge in [-0.2, -0.15) is 0 Å². The van der Waals surface area contributed by atoms with Gasteiger partial charge in [-0.05, 0) is 36.5 Å². The molecule has 0 aliphatic carbocycles. The molecular weight excluding hydrogens is 496 g/mol. The molecule has 0 radical (unpaired) electrons. The molecule has 39 heavy (non-hydrogen) atoms. The fourth-order valence-electron chi connectivity index (χ4n) is 5.02. The van der Waals surface area contributed by atoms with Crippen LogP contribution in [0.25, 0.3) is 11.1 Å². The number of aromatic nitrogens is 3. The van der Waals surface area contributed by atoms with Gasteiger partial charge in [-0.1, -0.05) is 73.7 Å². The van der Waals surface area contributed by atoms with Crippen molar-refractivity contribution in [1.29, 1.82) is 0 Å². The third-order valence-corrected chi connectivity index (χ3v) is 7.33. The maximum Gasteiger partial charge on any atom is 0.248 e. The molecule has 4 N–H and O–H groups in total. The minimum Gasteiger partial charge on any atom is -0.391 e. The lowest BCUT2D eigenvalue weighted by molar-refractivity contribution is -0.143. The Balaban J connectivity index is 1.49. The fraction of sp³-hybridized carbons (Fsp3) is 0.414. The van der Waals surface area contributed by atoms with Gasteiger partial charge in [0.2, 0.25) is 17.7 Å². The zero-order valence-corrected chi connectivity index (χ0v) is 22.7. The fourth-order valence-corrected chi connectivity index (χ4v) is 5.02. The largest absolute Gasteiger partial charge is 0.391 e. The van der Waals surface area contributed by atoms with Crippen molar-refractivity contribution in [1.82, 2.24) is 25.2 Å². The number of nitrogens with zero attached hydrogens (tertiary/aromatic N) is 4. The first kappa shape index (κ1) is 28.0. The Morgan fingerprint density at radius 2 is 1.69 bits per heavy atom. The van der Waals surface area contributed by atoms with Crippen LogP contribution in [-0.4, -0.2) is 67.5 Å². The smallest absolute Gasteiger partial charge is 0.248 e. The van der Waals surface area contributed by atoms with E-state index in [9.17, 15) is 19.5 Å². The normalized spacial score (nSPS) is 18.7. The number of aliphatic hydroxyl groups excluding tert-OH is 1. The third-order valence-electron chi connectivity index (χ3n) is 7.33. The van der Waals surface area contributed by atoms with Crippen molar-refractivity contribution < 1.29 is 19.5 Å². The van der Waals surface area contributed by atoms with Crippen LogP contribution in [0.2, 0.25) is 0 Å². The molecule has 3 aromatic rings. The predicted octanol–water partition coefficient (Wildman–Crippen LogP) is 1.93. The molecule has 3 amide bonds. The minimum absolute atomic E-state index is 0.00898. The number of primary amides is 1. The van der Waals surface area contributed by atoms with E-state index in [0.29, 0.717) is 5.69 Å². The standard InChI is InChI=1S/C29H36N6O4/c1-17(2)26(35-19(4)18(3)32-33-35)29(39)34-16-23(36)15-25(34)28(38)31-24(27(30)37)14-20-10-12-22(13-11-20)21-8-6-5-7-9-21/h5-13,17,23-26,36H,14-16H2,1-4H3,(H2,30,37)(H,31,38)/t23-,24?,25+,26?/m1/s1. The molecule has 0 bridgehead atoms. The Kier molecular flexibility index (Phi) is 8.44. The highest BCUT2D eigenvalue weighted by molar-refractivity contribution is 5.93. The molecule has 1 aliphatic rings. The Labute approximate surface area is 228 Å². The van der Waals surface area contributed by atoms with Crippen molar-refractivity contribution in [2.24, 2.45) is 11.7 Å². The van der Waals surface area contributed by atoms with Crippen molar-refractivity contribution in [2.45, 2.75) is 64.8 Å². The molecule has 2 aromatic carbocycles. The second kappa shape index (κ2) is 11.8. The summed E-state index contributed by atoms with van der Waals surface area (Å²) in [5.41, 5.74) is 10.1. The SMILES string of the molecule is Cc1nnn(C(C(=O)N2C[C@H](O)C[C@H]2C(=O)NC(Cc2ccc(-c3ccccc3)cc2)C(N)=O)C(C)C)c1C. The van der Waals surface area contributed by atoms with Gasteiger partial charge < -0.3 is 21.1 Å². The quantitative estimate of drug-likeness (QED) is 0.384. The van der Waals surface area contributed by atoms with Crippen molar-refractivity contribution >= 4 is 17.7 Å². The molecule has 0 saturated carbocycles. The summed E-state index contributed by atoms with van der Waals surface area (Å²) in [6.45, 7) is 7.45. The van der Waals surface area contributed by atoms with Crippen molar-refractivity contribution in [3.8, 4) is 11.1 Å². The molecule has 2 unspecified atom stereocenters. The Morgan fingerprint density at radius 1 is 1.05 bits per heavy atom. The van der Waals surface area contributed by atoms with Gasteiger partial charge in [-0.15, -0.1) is 5.10 Å². The van der Waals surface area contributed by atoms with Gasteiger partial charge in [0.1, 0.15) is 18.1 Å². The van der Waals surface area contributed by atoms with Crippen molar-refractivity contribution in [2.75, 3.05) is 6.54 Å². The number of benzene rings is 2. The highest BCUT2D eigenvalue weighted by Crippen LogP contribution is 2.28. The number of β-amino-alcohol motifs (C(OH)–C–C–N with tert-alkyl or cyclic N) is 1. The Morgan fingerprint density at radius 3 is 2.26 bits per heavy atom. The average molecular weight is 533 g/mol.